The van der Waals surface area contributed by atoms with E-state index in [4.69, 9.17) is 16.3 Å². The van der Waals surface area contributed by atoms with Gasteiger partial charge in [0.15, 0.2) is 5.82 Å². The van der Waals surface area contributed by atoms with Gasteiger partial charge in [-0.3, -0.25) is 4.68 Å². The van der Waals surface area contributed by atoms with Gasteiger partial charge in [0.25, 0.3) is 0 Å². The van der Waals surface area contributed by atoms with Crippen LogP contribution in [-0.2, 0) is 13.6 Å². The van der Waals surface area contributed by atoms with E-state index in [0.29, 0.717) is 17.4 Å². The Kier molecular flexibility index (Phi) is 4.43. The highest BCUT2D eigenvalue weighted by Crippen LogP contribution is 2.24. The lowest BCUT2D eigenvalue weighted by molar-refractivity contribution is 0.380. The zero-order valence-electron chi connectivity index (χ0n) is 12.8. The van der Waals surface area contributed by atoms with Crippen molar-refractivity contribution in [3.8, 4) is 17.3 Å². The fourth-order valence-corrected chi connectivity index (χ4v) is 2.42. The van der Waals surface area contributed by atoms with Crippen molar-refractivity contribution >= 4 is 17.4 Å². The molecule has 0 aliphatic heterocycles. The van der Waals surface area contributed by atoms with E-state index in [0.717, 1.165) is 16.8 Å². The number of ether oxygens (including phenoxy) is 1. The molecule has 0 saturated heterocycles. The third kappa shape index (κ3) is 3.43. The summed E-state index contributed by atoms with van der Waals surface area (Å²) >= 11 is 6.12. The first-order valence-corrected chi connectivity index (χ1v) is 7.43. The molecule has 0 radical (unpaired) electrons. The van der Waals surface area contributed by atoms with Gasteiger partial charge in [-0.2, -0.15) is 10.1 Å². The highest BCUT2D eigenvalue weighted by molar-refractivity contribution is 6.32. The fourth-order valence-electron chi connectivity index (χ4n) is 2.26. The molecule has 0 spiro atoms. The van der Waals surface area contributed by atoms with Crippen LogP contribution in [0.1, 0.15) is 5.56 Å². The Morgan fingerprint density at radius 1 is 1.26 bits per heavy atom. The van der Waals surface area contributed by atoms with Crippen molar-refractivity contribution in [3.63, 3.8) is 0 Å². The molecule has 0 saturated carbocycles. The van der Waals surface area contributed by atoms with Gasteiger partial charge in [-0.05, 0) is 0 Å². The number of aromatic nitrogens is 4. The van der Waals surface area contributed by atoms with E-state index in [2.05, 4.69) is 20.4 Å². The zero-order valence-corrected chi connectivity index (χ0v) is 13.6. The molecule has 23 heavy (non-hydrogen) atoms. The molecule has 3 aromatic rings. The van der Waals surface area contributed by atoms with E-state index < -0.39 is 0 Å². The van der Waals surface area contributed by atoms with Gasteiger partial charge < -0.3 is 10.1 Å². The second-order valence-corrected chi connectivity index (χ2v) is 5.36. The Labute approximate surface area is 139 Å². The number of anilines is 1. The van der Waals surface area contributed by atoms with E-state index in [9.17, 15) is 0 Å². The fraction of sp³-hybridized carbons (Fsp3) is 0.188. The third-order valence-electron chi connectivity index (χ3n) is 3.30. The van der Waals surface area contributed by atoms with Crippen molar-refractivity contribution in [2.75, 3.05) is 12.4 Å². The maximum atomic E-state index is 6.12. The van der Waals surface area contributed by atoms with Gasteiger partial charge >= 0.3 is 6.01 Å². The van der Waals surface area contributed by atoms with Crippen molar-refractivity contribution in [1.29, 1.82) is 0 Å². The molecule has 0 aliphatic rings. The predicted molar refractivity (Wildman–Crippen MR) is 89.6 cm³/mol. The highest BCUT2D eigenvalue weighted by Gasteiger charge is 2.11. The summed E-state index contributed by atoms with van der Waals surface area (Å²) in [5, 5.41) is 8.19. The maximum Gasteiger partial charge on any atom is 0.318 e. The van der Waals surface area contributed by atoms with Crippen LogP contribution in [0.3, 0.4) is 0 Å². The van der Waals surface area contributed by atoms with Gasteiger partial charge in [-0.15, -0.1) is 0 Å². The molecule has 2 aromatic heterocycles. The Morgan fingerprint density at radius 2 is 2.04 bits per heavy atom. The summed E-state index contributed by atoms with van der Waals surface area (Å²) in [6.45, 7) is 0.540. The topological polar surface area (TPSA) is 64.9 Å². The lowest BCUT2D eigenvalue weighted by Gasteiger charge is -2.08. The van der Waals surface area contributed by atoms with Gasteiger partial charge in [0, 0.05) is 30.9 Å². The largest absolute Gasteiger partial charge is 0.467 e. The molecule has 0 fully saturated rings. The first-order chi connectivity index (χ1) is 11.2. The summed E-state index contributed by atoms with van der Waals surface area (Å²) in [7, 11) is 3.41. The Morgan fingerprint density at radius 3 is 2.78 bits per heavy atom. The quantitative estimate of drug-likeness (QED) is 0.779. The van der Waals surface area contributed by atoms with Crippen LogP contribution in [0.2, 0.25) is 5.02 Å². The summed E-state index contributed by atoms with van der Waals surface area (Å²) < 4.78 is 6.81. The average Bonchev–Trinajstić information content (AvgIpc) is 2.96. The molecule has 0 unspecified atom stereocenters. The van der Waals surface area contributed by atoms with Crippen LogP contribution in [0, 0.1) is 0 Å². The number of methoxy groups -OCH3 is 1. The average molecular weight is 330 g/mol. The van der Waals surface area contributed by atoms with E-state index >= 15 is 0 Å². The van der Waals surface area contributed by atoms with Gasteiger partial charge in [-0.25, -0.2) is 4.98 Å². The maximum absolute atomic E-state index is 6.12. The monoisotopic (exact) mass is 329 g/mol. The number of hydrogen-bond acceptors (Lipinski definition) is 5. The zero-order chi connectivity index (χ0) is 16.2. The van der Waals surface area contributed by atoms with E-state index in [-0.39, 0.29) is 6.01 Å². The Hall–Kier alpha value is -2.60. The molecule has 1 N–H and O–H groups in total. The number of aryl methyl sites for hydroxylation is 1. The Bertz CT molecular complexity index is 803. The second-order valence-electron chi connectivity index (χ2n) is 4.95. The first kappa shape index (κ1) is 15.3. The van der Waals surface area contributed by atoms with Crippen LogP contribution in [0.4, 0.5) is 5.82 Å². The third-order valence-corrected chi connectivity index (χ3v) is 3.58. The van der Waals surface area contributed by atoms with Crippen molar-refractivity contribution < 1.29 is 4.74 Å². The first-order valence-electron chi connectivity index (χ1n) is 7.05. The smallest absolute Gasteiger partial charge is 0.318 e. The van der Waals surface area contributed by atoms with E-state index in [1.54, 1.807) is 4.68 Å². The number of benzene rings is 1. The van der Waals surface area contributed by atoms with Crippen LogP contribution >= 0.6 is 11.6 Å². The summed E-state index contributed by atoms with van der Waals surface area (Å²) in [6, 6.07) is 10.3. The standard InChI is InChI=1S/C16H16ClN5O/c1-22-10-12(14(21-22)11-6-4-3-5-7-11)8-18-15-13(17)9-19-16(20-15)23-2/h3-7,9-10H,8H2,1-2H3,(H,18,19,20). The van der Waals surface area contributed by atoms with Crippen LogP contribution in [0.5, 0.6) is 6.01 Å². The summed E-state index contributed by atoms with van der Waals surface area (Å²) in [4.78, 5) is 8.17. The minimum absolute atomic E-state index is 0.270. The van der Waals surface area contributed by atoms with E-state index in [1.165, 1.54) is 13.3 Å². The van der Waals surface area contributed by atoms with Crippen molar-refractivity contribution in [2.24, 2.45) is 7.05 Å². The number of rotatable bonds is 5. The predicted octanol–water partition coefficient (Wildman–Crippen LogP) is 3.15. The number of halogens is 1. The van der Waals surface area contributed by atoms with Gasteiger partial charge in [0.1, 0.15) is 5.02 Å². The van der Waals surface area contributed by atoms with Crippen molar-refractivity contribution in [1.82, 2.24) is 19.7 Å². The van der Waals surface area contributed by atoms with Crippen LogP contribution < -0.4 is 10.1 Å². The molecule has 7 heteroatoms. The Balaban J connectivity index is 1.84. The number of hydrogen-bond donors (Lipinski definition) is 1. The van der Waals surface area contributed by atoms with Gasteiger partial charge in [-0.1, -0.05) is 41.9 Å². The lowest BCUT2D eigenvalue weighted by Crippen LogP contribution is -2.04. The summed E-state index contributed by atoms with van der Waals surface area (Å²) in [5.74, 6) is 0.529. The summed E-state index contributed by atoms with van der Waals surface area (Å²) in [6.07, 6.45) is 3.48. The number of nitrogens with zero attached hydrogens (tertiary/aromatic N) is 4. The second kappa shape index (κ2) is 6.66. The minimum atomic E-state index is 0.270. The molecule has 0 bridgehead atoms. The molecule has 2 heterocycles. The molecular formula is C16H16ClN5O. The van der Waals surface area contributed by atoms with Crippen molar-refractivity contribution in [3.05, 3.63) is 53.3 Å². The molecular weight excluding hydrogens is 314 g/mol. The van der Waals surface area contributed by atoms with Crippen LogP contribution in [0.25, 0.3) is 11.3 Å². The molecule has 3 rings (SSSR count). The lowest BCUT2D eigenvalue weighted by atomic mass is 10.1. The molecule has 118 valence electrons. The van der Waals surface area contributed by atoms with Gasteiger partial charge in [0.05, 0.1) is 19.0 Å². The molecule has 0 aliphatic carbocycles. The number of nitrogens with one attached hydrogen (secondary N) is 1. The minimum Gasteiger partial charge on any atom is -0.467 e. The highest BCUT2D eigenvalue weighted by atomic mass is 35.5. The SMILES string of the molecule is COc1ncc(Cl)c(NCc2cn(C)nc2-c2ccccc2)n1. The van der Waals surface area contributed by atoms with Gasteiger partial charge in [0.2, 0.25) is 0 Å². The van der Waals surface area contributed by atoms with Crippen LogP contribution in [-0.4, -0.2) is 26.9 Å². The summed E-state index contributed by atoms with van der Waals surface area (Å²) in [5.41, 5.74) is 3.04. The molecule has 1 aromatic carbocycles. The molecule has 0 amide bonds. The van der Waals surface area contributed by atoms with Crippen LogP contribution in [0.15, 0.2) is 42.7 Å². The molecule has 6 nitrogen and oxygen atoms in total. The molecule has 0 atom stereocenters. The van der Waals surface area contributed by atoms with Crippen molar-refractivity contribution in [2.45, 2.75) is 6.54 Å². The van der Waals surface area contributed by atoms with E-state index in [1.807, 2.05) is 43.6 Å². The normalized spacial score (nSPS) is 10.6.